The molecule has 4 nitrogen and oxygen atoms in total. The molecule has 0 heterocycles. The van der Waals surface area contributed by atoms with Gasteiger partial charge in [0.15, 0.2) is 0 Å². The van der Waals surface area contributed by atoms with Gasteiger partial charge in [-0.3, -0.25) is 4.79 Å². The van der Waals surface area contributed by atoms with E-state index in [-0.39, 0.29) is 12.3 Å². The highest BCUT2D eigenvalue weighted by atomic mass is 16.6. The Morgan fingerprint density at radius 1 is 1.27 bits per heavy atom. The summed E-state index contributed by atoms with van der Waals surface area (Å²) in [6.45, 7) is 8.97. The highest BCUT2D eigenvalue weighted by Crippen LogP contribution is 2.13. The van der Waals surface area contributed by atoms with Gasteiger partial charge < -0.3 is 9.47 Å². The third-order valence-corrected chi connectivity index (χ3v) is 1.70. The van der Waals surface area contributed by atoms with Crippen molar-refractivity contribution in [2.45, 2.75) is 46.6 Å². The van der Waals surface area contributed by atoms with Gasteiger partial charge in [-0.05, 0) is 19.8 Å². The first kappa shape index (κ1) is 13.9. The molecule has 0 amide bonds. The molecule has 0 aliphatic carbocycles. The summed E-state index contributed by atoms with van der Waals surface area (Å²) in [6, 6.07) is 0. The zero-order valence-electron chi connectivity index (χ0n) is 10.1. The highest BCUT2D eigenvalue weighted by molar-refractivity contribution is 5.82. The van der Waals surface area contributed by atoms with Crippen LogP contribution in [0, 0.1) is 5.92 Å². The molecule has 15 heavy (non-hydrogen) atoms. The summed E-state index contributed by atoms with van der Waals surface area (Å²) < 4.78 is 9.97. The first-order valence-corrected chi connectivity index (χ1v) is 5.18. The van der Waals surface area contributed by atoms with Crippen LogP contribution in [0.15, 0.2) is 0 Å². The lowest BCUT2D eigenvalue weighted by Gasteiger charge is -2.23. The Bertz CT molecular complexity index is 231. The van der Waals surface area contributed by atoms with Crippen LogP contribution in [0.1, 0.15) is 41.0 Å². The van der Waals surface area contributed by atoms with E-state index in [1.807, 2.05) is 13.8 Å². The largest absolute Gasteiger partial charge is 0.462 e. The fourth-order valence-electron chi connectivity index (χ4n) is 0.815. The van der Waals surface area contributed by atoms with E-state index in [2.05, 4.69) is 0 Å². The fourth-order valence-corrected chi connectivity index (χ4v) is 0.815. The second-order valence-corrected chi connectivity index (χ2v) is 4.33. The van der Waals surface area contributed by atoms with Crippen molar-refractivity contribution in [2.75, 3.05) is 6.61 Å². The maximum Gasteiger partial charge on any atom is 0.350 e. The highest BCUT2D eigenvalue weighted by Gasteiger charge is 2.33. The maximum atomic E-state index is 11.5. The third kappa shape index (κ3) is 5.40. The van der Waals surface area contributed by atoms with Gasteiger partial charge in [0.25, 0.3) is 0 Å². The number of ether oxygens (including phenoxy) is 2. The first-order valence-electron chi connectivity index (χ1n) is 5.18. The summed E-state index contributed by atoms with van der Waals surface area (Å²) in [5.74, 6) is -0.633. The van der Waals surface area contributed by atoms with Crippen molar-refractivity contribution in [3.63, 3.8) is 0 Å². The second-order valence-electron chi connectivity index (χ2n) is 4.33. The van der Waals surface area contributed by atoms with Crippen molar-refractivity contribution >= 4 is 11.9 Å². The summed E-state index contributed by atoms with van der Waals surface area (Å²) in [5, 5.41) is 0. The van der Waals surface area contributed by atoms with Crippen molar-refractivity contribution in [1.82, 2.24) is 0 Å². The smallest absolute Gasteiger partial charge is 0.350 e. The molecule has 0 fully saturated rings. The standard InChI is InChI=1S/C11H20O4/c1-6-9(12)15-11(4,5)10(13)14-7-8(2)3/h8H,6-7H2,1-5H3. The zero-order valence-corrected chi connectivity index (χ0v) is 10.1. The van der Waals surface area contributed by atoms with Crippen molar-refractivity contribution in [2.24, 2.45) is 5.92 Å². The molecule has 0 radical (unpaired) electrons. The molecule has 0 atom stereocenters. The predicted molar refractivity (Wildman–Crippen MR) is 56.3 cm³/mol. The van der Waals surface area contributed by atoms with E-state index >= 15 is 0 Å². The number of carbonyl (C=O) groups excluding carboxylic acids is 2. The van der Waals surface area contributed by atoms with E-state index in [4.69, 9.17) is 9.47 Å². The molecule has 0 rings (SSSR count). The normalized spacial score (nSPS) is 11.3. The Kier molecular flexibility index (Phi) is 5.33. The lowest BCUT2D eigenvalue weighted by molar-refractivity contribution is -0.179. The number of carbonyl (C=O) groups is 2. The van der Waals surface area contributed by atoms with E-state index in [1.165, 1.54) is 13.8 Å². The van der Waals surface area contributed by atoms with E-state index in [9.17, 15) is 9.59 Å². The minimum Gasteiger partial charge on any atom is -0.462 e. The average molecular weight is 216 g/mol. The fraction of sp³-hybridized carbons (Fsp3) is 0.818. The van der Waals surface area contributed by atoms with Crippen molar-refractivity contribution in [3.05, 3.63) is 0 Å². The first-order chi connectivity index (χ1) is 6.79. The van der Waals surface area contributed by atoms with Crippen molar-refractivity contribution in [3.8, 4) is 0 Å². The van der Waals surface area contributed by atoms with Gasteiger partial charge >= 0.3 is 11.9 Å². The minimum atomic E-state index is -1.19. The van der Waals surface area contributed by atoms with Crippen LogP contribution in [-0.2, 0) is 19.1 Å². The molecule has 0 aromatic carbocycles. The van der Waals surface area contributed by atoms with Crippen LogP contribution in [0.25, 0.3) is 0 Å². The summed E-state index contributed by atoms with van der Waals surface area (Å²) in [4.78, 5) is 22.6. The van der Waals surface area contributed by atoms with Crippen LogP contribution < -0.4 is 0 Å². The Balaban J connectivity index is 4.19. The van der Waals surface area contributed by atoms with Crippen molar-refractivity contribution in [1.29, 1.82) is 0 Å². The summed E-state index contributed by atoms with van der Waals surface area (Å²) in [5.41, 5.74) is -1.19. The quantitative estimate of drug-likeness (QED) is 0.659. The number of hydrogen-bond acceptors (Lipinski definition) is 4. The minimum absolute atomic E-state index is 0.251. The van der Waals surface area contributed by atoms with Gasteiger partial charge in [0.2, 0.25) is 5.60 Å². The predicted octanol–water partition coefficient (Wildman–Crippen LogP) is 1.92. The molecule has 0 aromatic rings. The molecule has 0 spiro atoms. The molecule has 0 aliphatic heterocycles. The van der Waals surface area contributed by atoms with Gasteiger partial charge in [-0.15, -0.1) is 0 Å². The van der Waals surface area contributed by atoms with E-state index in [0.29, 0.717) is 6.61 Å². The zero-order chi connectivity index (χ0) is 12.1. The van der Waals surface area contributed by atoms with Crippen LogP contribution in [-0.4, -0.2) is 24.1 Å². The molecular formula is C11H20O4. The Labute approximate surface area is 90.9 Å². The van der Waals surface area contributed by atoms with Gasteiger partial charge in [-0.25, -0.2) is 4.79 Å². The SMILES string of the molecule is CCC(=O)OC(C)(C)C(=O)OCC(C)C. The van der Waals surface area contributed by atoms with Crippen LogP contribution >= 0.6 is 0 Å². The Morgan fingerprint density at radius 2 is 1.80 bits per heavy atom. The summed E-state index contributed by atoms with van der Waals surface area (Å²) in [7, 11) is 0. The van der Waals surface area contributed by atoms with Gasteiger partial charge in [-0.2, -0.15) is 0 Å². The van der Waals surface area contributed by atoms with Crippen LogP contribution in [0.5, 0.6) is 0 Å². The lowest BCUT2D eigenvalue weighted by Crippen LogP contribution is -2.39. The average Bonchev–Trinajstić information content (AvgIpc) is 2.13. The molecule has 88 valence electrons. The molecule has 0 aromatic heterocycles. The van der Waals surface area contributed by atoms with Gasteiger partial charge in [0.1, 0.15) is 0 Å². The molecule has 0 saturated carbocycles. The van der Waals surface area contributed by atoms with E-state index in [1.54, 1.807) is 6.92 Å². The van der Waals surface area contributed by atoms with E-state index < -0.39 is 17.5 Å². The van der Waals surface area contributed by atoms with Crippen LogP contribution in [0.3, 0.4) is 0 Å². The maximum absolute atomic E-state index is 11.5. The molecule has 0 N–H and O–H groups in total. The topological polar surface area (TPSA) is 52.6 Å². The van der Waals surface area contributed by atoms with Crippen LogP contribution in [0.2, 0.25) is 0 Å². The lowest BCUT2D eigenvalue weighted by atomic mass is 10.1. The Morgan fingerprint density at radius 3 is 2.20 bits per heavy atom. The molecule has 0 unspecified atom stereocenters. The van der Waals surface area contributed by atoms with Gasteiger partial charge in [0, 0.05) is 6.42 Å². The molecule has 0 aliphatic rings. The second kappa shape index (κ2) is 5.73. The van der Waals surface area contributed by atoms with Crippen LogP contribution in [0.4, 0.5) is 0 Å². The molecule has 0 bridgehead atoms. The number of hydrogen-bond donors (Lipinski definition) is 0. The number of rotatable bonds is 5. The van der Waals surface area contributed by atoms with Gasteiger partial charge in [0.05, 0.1) is 6.61 Å². The van der Waals surface area contributed by atoms with Crippen molar-refractivity contribution < 1.29 is 19.1 Å². The monoisotopic (exact) mass is 216 g/mol. The summed E-state index contributed by atoms with van der Waals surface area (Å²) >= 11 is 0. The molecular weight excluding hydrogens is 196 g/mol. The molecule has 0 saturated heterocycles. The third-order valence-electron chi connectivity index (χ3n) is 1.70. The number of esters is 2. The van der Waals surface area contributed by atoms with Gasteiger partial charge in [-0.1, -0.05) is 20.8 Å². The molecule has 4 heteroatoms. The Hall–Kier alpha value is -1.06. The van der Waals surface area contributed by atoms with E-state index in [0.717, 1.165) is 0 Å². The summed E-state index contributed by atoms with van der Waals surface area (Å²) in [6.07, 6.45) is 0.251.